The number of nitrogens with one attached hydrogen (secondary N) is 1. The van der Waals surface area contributed by atoms with Gasteiger partial charge in [0.05, 0.1) is 10.6 Å². The first-order valence-electron chi connectivity index (χ1n) is 8.28. The van der Waals surface area contributed by atoms with E-state index in [2.05, 4.69) is 4.72 Å². The minimum absolute atomic E-state index is 0.0351. The van der Waals surface area contributed by atoms with Crippen LogP contribution in [0.3, 0.4) is 0 Å². The summed E-state index contributed by atoms with van der Waals surface area (Å²) in [6, 6.07) is 17.8. The van der Waals surface area contributed by atoms with Crippen molar-refractivity contribution >= 4 is 27.6 Å². The molecule has 3 aromatic carbocycles. The molecule has 28 heavy (non-hydrogen) atoms. The third-order valence-electron chi connectivity index (χ3n) is 3.93. The predicted molar refractivity (Wildman–Crippen MR) is 107 cm³/mol. The fourth-order valence-electron chi connectivity index (χ4n) is 2.50. The Morgan fingerprint density at radius 1 is 0.857 bits per heavy atom. The van der Waals surface area contributed by atoms with Gasteiger partial charge in [-0.2, -0.15) is 0 Å². The fraction of sp³-hybridized carbons (Fsp3) is 0. The van der Waals surface area contributed by atoms with E-state index in [0.29, 0.717) is 5.56 Å². The van der Waals surface area contributed by atoms with Gasteiger partial charge >= 0.3 is 0 Å². The Morgan fingerprint density at radius 3 is 2.21 bits per heavy atom. The molecule has 0 radical (unpaired) electrons. The number of hydrogen-bond acceptors (Lipinski definition) is 5. The van der Waals surface area contributed by atoms with Crippen LogP contribution in [0.1, 0.15) is 15.9 Å². The third-order valence-corrected chi connectivity index (χ3v) is 5.32. The Bertz CT molecular complexity index is 1140. The molecule has 0 amide bonds. The molecule has 0 fully saturated rings. The molecule has 0 aliphatic rings. The molecule has 0 aliphatic carbocycles. The zero-order chi connectivity index (χ0) is 20.1. The summed E-state index contributed by atoms with van der Waals surface area (Å²) in [7, 11) is -3.94. The van der Waals surface area contributed by atoms with Crippen LogP contribution in [0.4, 0.5) is 5.69 Å². The molecule has 0 aromatic heterocycles. The Hall–Kier alpha value is -3.58. The lowest BCUT2D eigenvalue weighted by atomic mass is 10.1. The van der Waals surface area contributed by atoms with Gasteiger partial charge in [0.1, 0.15) is 11.5 Å². The maximum atomic E-state index is 12.6. The first kappa shape index (κ1) is 19.2. The van der Waals surface area contributed by atoms with Crippen molar-refractivity contribution in [2.45, 2.75) is 4.90 Å². The van der Waals surface area contributed by atoms with E-state index in [0.717, 1.165) is 0 Å². The van der Waals surface area contributed by atoms with Crippen molar-refractivity contribution in [1.82, 2.24) is 0 Å². The molecule has 3 N–H and O–H groups in total. The molecular weight excluding hydrogens is 378 g/mol. The zero-order valence-corrected chi connectivity index (χ0v) is 15.4. The highest BCUT2D eigenvalue weighted by atomic mass is 32.2. The van der Waals surface area contributed by atoms with Gasteiger partial charge in [0, 0.05) is 11.1 Å². The summed E-state index contributed by atoms with van der Waals surface area (Å²) in [5.74, 6) is -0.441. The number of carbonyl (C=O) groups excluding carboxylic acids is 1. The lowest BCUT2D eigenvalue weighted by Gasteiger charge is -2.11. The van der Waals surface area contributed by atoms with E-state index in [1.165, 1.54) is 54.6 Å². The molecule has 0 heterocycles. The molecule has 3 rings (SSSR count). The molecule has 3 aromatic rings. The van der Waals surface area contributed by atoms with Crippen LogP contribution in [-0.4, -0.2) is 24.4 Å². The van der Waals surface area contributed by atoms with E-state index < -0.39 is 15.8 Å². The van der Waals surface area contributed by atoms with Gasteiger partial charge in [0.15, 0.2) is 5.78 Å². The van der Waals surface area contributed by atoms with Gasteiger partial charge in [0.25, 0.3) is 10.0 Å². The van der Waals surface area contributed by atoms with Gasteiger partial charge in [-0.15, -0.1) is 0 Å². The molecular formula is C21H17NO5S. The van der Waals surface area contributed by atoms with Crippen LogP contribution in [0, 0.1) is 0 Å². The van der Waals surface area contributed by atoms with Crippen LogP contribution < -0.4 is 4.72 Å². The van der Waals surface area contributed by atoms with Crippen LogP contribution in [-0.2, 0) is 10.0 Å². The number of allylic oxidation sites excluding steroid dienone is 1. The van der Waals surface area contributed by atoms with Gasteiger partial charge in [-0.1, -0.05) is 30.3 Å². The summed E-state index contributed by atoms with van der Waals surface area (Å²) in [6.07, 6.45) is 2.73. The second-order valence-corrected chi connectivity index (χ2v) is 7.58. The predicted octanol–water partition coefficient (Wildman–Crippen LogP) is 3.79. The fourth-order valence-corrected chi connectivity index (χ4v) is 3.58. The SMILES string of the molecule is O=C(C=Cc1ccccc1O)c1ccccc1NS(=O)(=O)c1ccc(O)cc1. The average Bonchev–Trinajstić information content (AvgIpc) is 2.67. The number of carbonyl (C=O) groups is 1. The minimum atomic E-state index is -3.94. The van der Waals surface area contributed by atoms with Gasteiger partial charge in [0.2, 0.25) is 0 Å². The quantitative estimate of drug-likeness (QED) is 0.435. The number of para-hydroxylation sites is 2. The van der Waals surface area contributed by atoms with Crippen molar-refractivity contribution in [3.63, 3.8) is 0 Å². The normalized spacial score (nSPS) is 11.4. The molecule has 0 aliphatic heterocycles. The first-order chi connectivity index (χ1) is 13.4. The second-order valence-electron chi connectivity index (χ2n) is 5.90. The van der Waals surface area contributed by atoms with Crippen molar-refractivity contribution < 1.29 is 23.4 Å². The first-order valence-corrected chi connectivity index (χ1v) is 9.76. The maximum absolute atomic E-state index is 12.6. The van der Waals surface area contributed by atoms with Crippen LogP contribution in [0.2, 0.25) is 0 Å². The van der Waals surface area contributed by atoms with E-state index in [1.54, 1.807) is 30.3 Å². The number of phenols is 2. The lowest BCUT2D eigenvalue weighted by molar-refractivity contribution is 0.104. The van der Waals surface area contributed by atoms with Crippen molar-refractivity contribution in [3.8, 4) is 11.5 Å². The summed E-state index contributed by atoms with van der Waals surface area (Å²) in [5.41, 5.74) is 0.761. The number of anilines is 1. The van der Waals surface area contributed by atoms with Crippen molar-refractivity contribution in [2.75, 3.05) is 4.72 Å². The zero-order valence-electron chi connectivity index (χ0n) is 14.6. The lowest BCUT2D eigenvalue weighted by Crippen LogP contribution is -2.15. The minimum Gasteiger partial charge on any atom is -0.508 e. The maximum Gasteiger partial charge on any atom is 0.261 e. The summed E-state index contributed by atoms with van der Waals surface area (Å²) in [5, 5.41) is 19.1. The van der Waals surface area contributed by atoms with Crippen molar-refractivity contribution in [2.24, 2.45) is 0 Å². The van der Waals surface area contributed by atoms with Gasteiger partial charge in [-0.05, 0) is 54.6 Å². The molecule has 6 nitrogen and oxygen atoms in total. The average molecular weight is 395 g/mol. The topological polar surface area (TPSA) is 104 Å². The van der Waals surface area contributed by atoms with Crippen molar-refractivity contribution in [1.29, 1.82) is 0 Å². The Labute approximate surface area is 162 Å². The number of benzene rings is 3. The second kappa shape index (κ2) is 7.98. The Balaban J connectivity index is 1.88. The molecule has 0 atom stereocenters. The molecule has 0 spiro atoms. The van der Waals surface area contributed by atoms with E-state index in [1.807, 2.05) is 0 Å². The van der Waals surface area contributed by atoms with Crippen LogP contribution >= 0.6 is 0 Å². The highest BCUT2D eigenvalue weighted by Crippen LogP contribution is 2.23. The van der Waals surface area contributed by atoms with Gasteiger partial charge in [-0.25, -0.2) is 8.42 Å². The number of ketones is 1. The van der Waals surface area contributed by atoms with E-state index in [4.69, 9.17) is 0 Å². The Morgan fingerprint density at radius 2 is 1.50 bits per heavy atom. The van der Waals surface area contributed by atoms with Gasteiger partial charge in [-0.3, -0.25) is 9.52 Å². The third kappa shape index (κ3) is 4.39. The number of hydrogen-bond donors (Lipinski definition) is 3. The highest BCUT2D eigenvalue weighted by Gasteiger charge is 2.17. The van der Waals surface area contributed by atoms with E-state index in [9.17, 15) is 23.4 Å². The molecule has 0 saturated heterocycles. The molecule has 0 unspecified atom stereocenters. The summed E-state index contributed by atoms with van der Waals surface area (Å²) < 4.78 is 27.5. The molecule has 0 saturated carbocycles. The number of phenolic OH excluding ortho intramolecular Hbond substituents is 2. The van der Waals surface area contributed by atoms with E-state index >= 15 is 0 Å². The smallest absolute Gasteiger partial charge is 0.261 e. The molecule has 0 bridgehead atoms. The number of aromatic hydroxyl groups is 2. The monoisotopic (exact) mass is 395 g/mol. The van der Waals surface area contributed by atoms with Crippen LogP contribution in [0.25, 0.3) is 6.08 Å². The highest BCUT2D eigenvalue weighted by molar-refractivity contribution is 7.92. The summed E-state index contributed by atoms with van der Waals surface area (Å²) in [6.45, 7) is 0. The van der Waals surface area contributed by atoms with Crippen LogP contribution in [0.15, 0.2) is 83.8 Å². The summed E-state index contributed by atoms with van der Waals surface area (Å²) in [4.78, 5) is 12.5. The standard InChI is InChI=1S/C21H17NO5S/c23-16-10-12-17(13-11-16)28(26,27)22-19-7-3-2-6-18(19)21(25)14-9-15-5-1-4-8-20(15)24/h1-14,22-24H. The Kier molecular flexibility index (Phi) is 5.47. The van der Waals surface area contributed by atoms with Crippen LogP contribution in [0.5, 0.6) is 11.5 Å². The van der Waals surface area contributed by atoms with E-state index in [-0.39, 0.29) is 27.6 Å². The largest absolute Gasteiger partial charge is 0.508 e. The summed E-state index contributed by atoms with van der Waals surface area (Å²) >= 11 is 0. The van der Waals surface area contributed by atoms with Gasteiger partial charge < -0.3 is 10.2 Å². The van der Waals surface area contributed by atoms with Crippen molar-refractivity contribution in [3.05, 3.63) is 90.0 Å². The number of rotatable bonds is 6. The molecule has 142 valence electrons. The number of sulfonamides is 1. The molecule has 7 heteroatoms.